The summed E-state index contributed by atoms with van der Waals surface area (Å²) in [7, 11) is 0. The topological polar surface area (TPSA) is 181 Å². The van der Waals surface area contributed by atoms with Gasteiger partial charge >= 0.3 is 12.1 Å². The van der Waals surface area contributed by atoms with Crippen molar-refractivity contribution in [2.45, 2.75) is 18.8 Å². The van der Waals surface area contributed by atoms with Crippen molar-refractivity contribution in [2.75, 3.05) is 0 Å². The molecular formula is C22H20N4O7. The van der Waals surface area contributed by atoms with Crippen LogP contribution in [0.4, 0.5) is 9.59 Å². The molecule has 1 aromatic carbocycles. The van der Waals surface area contributed by atoms with Crippen molar-refractivity contribution in [1.29, 1.82) is 0 Å². The van der Waals surface area contributed by atoms with Gasteiger partial charge < -0.3 is 16.6 Å². The fourth-order valence-corrected chi connectivity index (χ4v) is 6.12. The van der Waals surface area contributed by atoms with Gasteiger partial charge in [-0.1, -0.05) is 23.8 Å². The molecule has 5 rings (SSSR count). The zero-order valence-corrected chi connectivity index (χ0v) is 17.2. The number of nitrogens with zero attached hydrogens (tertiary/aromatic N) is 2. The molecule has 0 bridgehead atoms. The molecule has 8 amide bonds. The zero-order valence-electron chi connectivity index (χ0n) is 17.2. The lowest BCUT2D eigenvalue weighted by molar-refractivity contribution is -0.138. The average molecular weight is 452 g/mol. The van der Waals surface area contributed by atoms with Crippen LogP contribution in [-0.2, 0) is 19.2 Å². The van der Waals surface area contributed by atoms with E-state index in [-0.39, 0.29) is 18.6 Å². The van der Waals surface area contributed by atoms with Gasteiger partial charge in [-0.25, -0.2) is 9.59 Å². The number of imide groups is 6. The molecule has 1 aromatic rings. The van der Waals surface area contributed by atoms with Crippen molar-refractivity contribution in [3.63, 3.8) is 0 Å². The molecule has 6 unspecified atom stereocenters. The van der Waals surface area contributed by atoms with E-state index in [1.165, 1.54) is 12.1 Å². The van der Waals surface area contributed by atoms with Crippen LogP contribution in [0.25, 0.3) is 0 Å². The van der Waals surface area contributed by atoms with E-state index < -0.39 is 71.2 Å². The number of likely N-dealkylation sites (tertiary alicyclic amines) is 2. The molecule has 2 saturated heterocycles. The Balaban J connectivity index is 1.66. The minimum atomic E-state index is -1.18. The third-order valence-corrected chi connectivity index (χ3v) is 7.32. The molecule has 3 fully saturated rings. The van der Waals surface area contributed by atoms with E-state index in [4.69, 9.17) is 11.5 Å². The van der Waals surface area contributed by atoms with Gasteiger partial charge in [-0.3, -0.25) is 19.2 Å². The Hall–Kier alpha value is -4.02. The minimum Gasteiger partial charge on any atom is -0.508 e. The average Bonchev–Trinajstić information content (AvgIpc) is 3.16. The van der Waals surface area contributed by atoms with Gasteiger partial charge in [0.15, 0.2) is 0 Å². The summed E-state index contributed by atoms with van der Waals surface area (Å²) in [6, 6.07) is 3.83. The molecule has 1 saturated carbocycles. The lowest BCUT2D eigenvalue weighted by Gasteiger charge is -2.43. The van der Waals surface area contributed by atoms with Crippen LogP contribution in [0.15, 0.2) is 35.9 Å². The number of benzene rings is 1. The van der Waals surface area contributed by atoms with Crippen molar-refractivity contribution in [3.05, 3.63) is 41.5 Å². The first kappa shape index (κ1) is 20.9. The molecular weight excluding hydrogens is 432 g/mol. The van der Waals surface area contributed by atoms with Crippen LogP contribution < -0.4 is 11.5 Å². The number of hydrogen-bond donors (Lipinski definition) is 3. The molecule has 2 aliphatic heterocycles. The quantitative estimate of drug-likeness (QED) is 0.401. The first-order chi connectivity index (χ1) is 15.6. The summed E-state index contributed by atoms with van der Waals surface area (Å²) in [5.41, 5.74) is 11.7. The fraction of sp³-hybridized carbons (Fsp3) is 0.364. The summed E-state index contributed by atoms with van der Waals surface area (Å²) in [4.78, 5) is 76.4. The third-order valence-electron chi connectivity index (χ3n) is 7.32. The number of rotatable bonds is 1. The standard InChI is InChI=1S/C22H20N4O7/c23-21(32)25-17(28)11-5-4-10-12(15(11)19(25)30)7-13-16(20(31)26(18(13)29)22(24)33)14(10)8-2-1-3-9(27)6-8/h1-4,6,11-16,27H,5,7H2,(H2,23,32)(H2,24,33). The molecule has 170 valence electrons. The predicted molar refractivity (Wildman–Crippen MR) is 108 cm³/mol. The first-order valence-corrected chi connectivity index (χ1v) is 10.5. The number of aromatic hydroxyl groups is 1. The van der Waals surface area contributed by atoms with E-state index in [0.717, 1.165) is 0 Å². The number of urea groups is 2. The van der Waals surface area contributed by atoms with Gasteiger partial charge in [0.25, 0.3) is 0 Å². The second-order valence-electron chi connectivity index (χ2n) is 8.82. The highest BCUT2D eigenvalue weighted by molar-refractivity contribution is 6.18. The van der Waals surface area contributed by atoms with E-state index in [9.17, 15) is 33.9 Å². The number of amides is 8. The Bertz CT molecular complexity index is 1190. The van der Waals surface area contributed by atoms with Crippen LogP contribution in [0.2, 0.25) is 0 Å². The Morgan fingerprint density at radius 1 is 0.848 bits per heavy atom. The molecule has 11 heteroatoms. The smallest absolute Gasteiger partial charge is 0.328 e. The minimum absolute atomic E-state index is 0.0347. The number of carbonyl (C=O) groups is 6. The van der Waals surface area contributed by atoms with Crippen LogP contribution in [0.1, 0.15) is 24.3 Å². The Morgan fingerprint density at radius 3 is 2.06 bits per heavy atom. The second kappa shape index (κ2) is 6.99. The highest BCUT2D eigenvalue weighted by Gasteiger charge is 2.63. The number of phenols is 1. The van der Waals surface area contributed by atoms with Crippen molar-refractivity contribution in [3.8, 4) is 5.75 Å². The molecule has 33 heavy (non-hydrogen) atoms. The van der Waals surface area contributed by atoms with Crippen molar-refractivity contribution in [2.24, 2.45) is 41.1 Å². The molecule has 11 nitrogen and oxygen atoms in total. The first-order valence-electron chi connectivity index (χ1n) is 10.5. The van der Waals surface area contributed by atoms with Crippen LogP contribution in [-0.4, -0.2) is 50.6 Å². The maximum Gasteiger partial charge on any atom is 0.328 e. The van der Waals surface area contributed by atoms with Gasteiger partial charge in [0.1, 0.15) is 5.75 Å². The van der Waals surface area contributed by atoms with Crippen LogP contribution in [0, 0.1) is 29.6 Å². The summed E-state index contributed by atoms with van der Waals surface area (Å²) in [6.45, 7) is 0. The summed E-state index contributed by atoms with van der Waals surface area (Å²) < 4.78 is 0. The van der Waals surface area contributed by atoms with Gasteiger partial charge in [0.2, 0.25) is 23.6 Å². The van der Waals surface area contributed by atoms with Crippen molar-refractivity contribution in [1.82, 2.24) is 9.80 Å². The Kier molecular flexibility index (Phi) is 4.42. The number of hydrogen-bond acceptors (Lipinski definition) is 7. The monoisotopic (exact) mass is 452 g/mol. The van der Waals surface area contributed by atoms with E-state index in [1.54, 1.807) is 18.2 Å². The van der Waals surface area contributed by atoms with E-state index >= 15 is 0 Å². The van der Waals surface area contributed by atoms with Gasteiger partial charge in [-0.05, 0) is 36.5 Å². The van der Waals surface area contributed by atoms with E-state index in [0.29, 0.717) is 20.9 Å². The lowest BCUT2D eigenvalue weighted by atomic mass is 9.57. The molecule has 5 N–H and O–H groups in total. The molecule has 4 aliphatic rings. The van der Waals surface area contributed by atoms with Gasteiger partial charge in [0.05, 0.1) is 23.7 Å². The molecule has 0 aromatic heterocycles. The normalized spacial score (nSPS) is 32.9. The summed E-state index contributed by atoms with van der Waals surface area (Å²) >= 11 is 0. The molecule has 0 radical (unpaired) electrons. The Morgan fingerprint density at radius 2 is 1.45 bits per heavy atom. The van der Waals surface area contributed by atoms with Crippen LogP contribution >= 0.6 is 0 Å². The maximum atomic E-state index is 13.1. The van der Waals surface area contributed by atoms with Gasteiger partial charge in [0, 0.05) is 5.92 Å². The summed E-state index contributed by atoms with van der Waals surface area (Å²) in [5.74, 6) is -7.97. The van der Waals surface area contributed by atoms with Gasteiger partial charge in [-0.2, -0.15) is 9.80 Å². The Labute approximate surface area is 187 Å². The maximum absolute atomic E-state index is 13.1. The highest BCUT2D eigenvalue weighted by atomic mass is 16.3. The number of nitrogens with two attached hydrogens (primary N) is 2. The van der Waals surface area contributed by atoms with E-state index in [1.807, 2.05) is 0 Å². The number of primary amides is 2. The molecule has 6 atom stereocenters. The summed E-state index contributed by atoms with van der Waals surface area (Å²) in [5, 5.41) is 10.0. The SMILES string of the molecule is NC(=O)N1C(=O)C2CC=C3C(CC4C(=O)N(C(N)=O)C(=O)C4C3c3cccc(O)c3)C2C1=O. The molecule has 2 aliphatic carbocycles. The van der Waals surface area contributed by atoms with Gasteiger partial charge in [-0.15, -0.1) is 0 Å². The molecule has 0 spiro atoms. The lowest BCUT2D eigenvalue weighted by Crippen LogP contribution is -2.44. The zero-order chi connectivity index (χ0) is 23.8. The van der Waals surface area contributed by atoms with Crippen molar-refractivity contribution >= 4 is 35.7 Å². The second-order valence-corrected chi connectivity index (χ2v) is 8.82. The number of phenolic OH excluding ortho intramolecular Hbond substituents is 1. The summed E-state index contributed by atoms with van der Waals surface area (Å²) in [6.07, 6.45) is 1.95. The largest absolute Gasteiger partial charge is 0.508 e. The third kappa shape index (κ3) is 2.74. The number of carbonyl (C=O) groups excluding carboxylic acids is 6. The number of allylic oxidation sites excluding steroid dienone is 2. The highest BCUT2D eigenvalue weighted by Crippen LogP contribution is 2.57. The fourth-order valence-electron chi connectivity index (χ4n) is 6.12. The molecule has 2 heterocycles. The van der Waals surface area contributed by atoms with Crippen molar-refractivity contribution < 1.29 is 33.9 Å². The predicted octanol–water partition coefficient (Wildman–Crippen LogP) is 0.186. The number of fused-ring (bicyclic) bond motifs is 4. The van der Waals surface area contributed by atoms with Crippen LogP contribution in [0.3, 0.4) is 0 Å². The van der Waals surface area contributed by atoms with E-state index in [2.05, 4.69) is 0 Å². The van der Waals surface area contributed by atoms with Crippen LogP contribution in [0.5, 0.6) is 5.75 Å².